The monoisotopic (exact) mass is 501 g/mol. The third-order valence-electron chi connectivity index (χ3n) is 6.88. The molecule has 1 saturated heterocycles. The van der Waals surface area contributed by atoms with Crippen LogP contribution in [-0.4, -0.2) is 64.8 Å². The smallest absolute Gasteiger partial charge is 0.319 e. The van der Waals surface area contributed by atoms with E-state index >= 15 is 0 Å². The molecule has 2 aromatic heterocycles. The van der Waals surface area contributed by atoms with E-state index < -0.39 is 0 Å². The number of pyridine rings is 1. The number of morpholine rings is 1. The highest BCUT2D eigenvalue weighted by atomic mass is 16.5. The Morgan fingerprint density at radius 2 is 1.97 bits per heavy atom. The molecule has 1 unspecified atom stereocenters. The molecule has 2 aliphatic rings. The Kier molecular flexibility index (Phi) is 7.62. The van der Waals surface area contributed by atoms with Gasteiger partial charge < -0.3 is 20.3 Å². The zero-order valence-electron chi connectivity index (χ0n) is 21.8. The van der Waals surface area contributed by atoms with E-state index in [1.807, 2.05) is 44.3 Å². The molecule has 2 N–H and O–H groups in total. The van der Waals surface area contributed by atoms with E-state index in [2.05, 4.69) is 44.5 Å². The van der Waals surface area contributed by atoms with E-state index in [0.717, 1.165) is 61.1 Å². The predicted octanol–water partition coefficient (Wildman–Crippen LogP) is 3.77. The average Bonchev–Trinajstić information content (AvgIpc) is 2.90. The summed E-state index contributed by atoms with van der Waals surface area (Å²) in [5.74, 6) is 1.73. The molecule has 37 heavy (non-hydrogen) atoms. The van der Waals surface area contributed by atoms with Gasteiger partial charge in [0.15, 0.2) is 5.82 Å². The van der Waals surface area contributed by atoms with Crippen LogP contribution in [0.4, 0.5) is 16.3 Å². The first-order chi connectivity index (χ1) is 18.0. The van der Waals surface area contributed by atoms with Crippen LogP contribution >= 0.6 is 0 Å². The highest BCUT2D eigenvalue weighted by Crippen LogP contribution is 2.32. The first-order valence-corrected chi connectivity index (χ1v) is 13.0. The standard InChI is InChI=1S/C28H35N7O2/c1-4-29-28(36)31-23-9-7-22(8-10-23)26-32-25-17-34(16-21-6-5-19(2)30-15-21)12-11-24(25)27(33-26)35-13-14-37-18-20(35)3/h5-10,15,20H,4,11-14,16-18H2,1-3H3,(H2,29,31,36). The Morgan fingerprint density at radius 1 is 1.14 bits per heavy atom. The molecule has 9 nitrogen and oxygen atoms in total. The van der Waals surface area contributed by atoms with Gasteiger partial charge in [-0.3, -0.25) is 9.88 Å². The third kappa shape index (κ3) is 5.89. The number of carbonyl (C=O) groups excluding carboxylic acids is 1. The fraction of sp³-hybridized carbons (Fsp3) is 0.429. The zero-order valence-corrected chi connectivity index (χ0v) is 21.8. The molecular weight excluding hydrogens is 466 g/mol. The van der Waals surface area contributed by atoms with Gasteiger partial charge in [0.05, 0.1) is 24.9 Å². The van der Waals surface area contributed by atoms with Crippen LogP contribution in [0.1, 0.15) is 36.4 Å². The van der Waals surface area contributed by atoms with E-state index in [-0.39, 0.29) is 12.1 Å². The fourth-order valence-corrected chi connectivity index (χ4v) is 4.90. The number of benzene rings is 1. The van der Waals surface area contributed by atoms with Crippen molar-refractivity contribution < 1.29 is 9.53 Å². The van der Waals surface area contributed by atoms with Crippen LogP contribution in [-0.2, 0) is 24.2 Å². The van der Waals surface area contributed by atoms with Crippen LogP contribution in [0.5, 0.6) is 0 Å². The van der Waals surface area contributed by atoms with Gasteiger partial charge in [-0.05, 0) is 63.1 Å². The summed E-state index contributed by atoms with van der Waals surface area (Å²) in [6, 6.07) is 12.0. The number of hydrogen-bond acceptors (Lipinski definition) is 7. The Balaban J connectivity index is 1.44. The van der Waals surface area contributed by atoms with Gasteiger partial charge in [0, 0.05) is 61.4 Å². The summed E-state index contributed by atoms with van der Waals surface area (Å²) in [6.07, 6.45) is 2.87. The second-order valence-corrected chi connectivity index (χ2v) is 9.74. The molecule has 9 heteroatoms. The van der Waals surface area contributed by atoms with Crippen LogP contribution in [0.25, 0.3) is 11.4 Å². The van der Waals surface area contributed by atoms with Crippen molar-refractivity contribution in [1.29, 1.82) is 0 Å². The van der Waals surface area contributed by atoms with Crippen molar-refractivity contribution >= 4 is 17.5 Å². The highest BCUT2D eigenvalue weighted by Gasteiger charge is 2.29. The third-order valence-corrected chi connectivity index (χ3v) is 6.88. The maximum absolute atomic E-state index is 11.9. The molecule has 0 bridgehead atoms. The number of amides is 2. The van der Waals surface area contributed by atoms with E-state index in [9.17, 15) is 4.79 Å². The summed E-state index contributed by atoms with van der Waals surface area (Å²) < 4.78 is 5.71. The largest absolute Gasteiger partial charge is 0.377 e. The number of carbonyl (C=O) groups is 1. The minimum Gasteiger partial charge on any atom is -0.377 e. The van der Waals surface area contributed by atoms with Gasteiger partial charge in [0.25, 0.3) is 0 Å². The van der Waals surface area contributed by atoms with E-state index in [1.165, 1.54) is 11.1 Å². The van der Waals surface area contributed by atoms with Crippen LogP contribution < -0.4 is 15.5 Å². The number of nitrogens with one attached hydrogen (secondary N) is 2. The Morgan fingerprint density at radius 3 is 2.70 bits per heavy atom. The molecule has 194 valence electrons. The van der Waals surface area contributed by atoms with Gasteiger partial charge >= 0.3 is 6.03 Å². The summed E-state index contributed by atoms with van der Waals surface area (Å²) in [6.45, 7) is 11.4. The molecule has 0 aliphatic carbocycles. The van der Waals surface area contributed by atoms with Crippen LogP contribution in [0.15, 0.2) is 42.6 Å². The lowest BCUT2D eigenvalue weighted by Gasteiger charge is -2.37. The number of nitrogens with zero attached hydrogens (tertiary/aromatic N) is 5. The summed E-state index contributed by atoms with van der Waals surface area (Å²) in [5, 5.41) is 5.60. The van der Waals surface area contributed by atoms with Gasteiger partial charge in [-0.2, -0.15) is 0 Å². The van der Waals surface area contributed by atoms with Gasteiger partial charge in [0.1, 0.15) is 5.82 Å². The molecule has 2 amide bonds. The topological polar surface area (TPSA) is 95.5 Å². The number of aryl methyl sites for hydroxylation is 1. The molecule has 1 fully saturated rings. The van der Waals surface area contributed by atoms with Crippen molar-refractivity contribution in [3.63, 3.8) is 0 Å². The van der Waals surface area contributed by atoms with Crippen molar-refractivity contribution in [3.8, 4) is 11.4 Å². The first kappa shape index (κ1) is 25.1. The van der Waals surface area contributed by atoms with Crippen molar-refractivity contribution in [2.45, 2.75) is 46.3 Å². The SMILES string of the molecule is CCNC(=O)Nc1ccc(-c2nc3c(c(N4CCOCC4C)n2)CCN(Cc2ccc(C)nc2)C3)cc1. The predicted molar refractivity (Wildman–Crippen MR) is 145 cm³/mol. The second-order valence-electron chi connectivity index (χ2n) is 9.74. The summed E-state index contributed by atoms with van der Waals surface area (Å²) in [7, 11) is 0. The molecule has 5 rings (SSSR count). The quantitative estimate of drug-likeness (QED) is 0.531. The van der Waals surface area contributed by atoms with Gasteiger partial charge in [-0.25, -0.2) is 14.8 Å². The number of rotatable bonds is 6. The average molecular weight is 502 g/mol. The number of fused-ring (bicyclic) bond motifs is 1. The molecule has 0 radical (unpaired) electrons. The van der Waals surface area contributed by atoms with Crippen molar-refractivity contribution in [3.05, 3.63) is 65.1 Å². The van der Waals surface area contributed by atoms with Crippen molar-refractivity contribution in [2.75, 3.05) is 43.1 Å². The minimum atomic E-state index is -0.215. The molecule has 1 aromatic carbocycles. The Hall–Kier alpha value is -3.56. The van der Waals surface area contributed by atoms with Crippen LogP contribution in [0.2, 0.25) is 0 Å². The van der Waals surface area contributed by atoms with E-state index in [1.54, 1.807) is 0 Å². The van der Waals surface area contributed by atoms with Gasteiger partial charge in [-0.15, -0.1) is 0 Å². The first-order valence-electron chi connectivity index (χ1n) is 13.0. The maximum atomic E-state index is 11.9. The molecule has 0 saturated carbocycles. The van der Waals surface area contributed by atoms with E-state index in [0.29, 0.717) is 25.6 Å². The molecule has 4 heterocycles. The molecule has 2 aliphatic heterocycles. The molecule has 3 aromatic rings. The minimum absolute atomic E-state index is 0.215. The Labute approximate surface area is 218 Å². The highest BCUT2D eigenvalue weighted by molar-refractivity contribution is 5.89. The summed E-state index contributed by atoms with van der Waals surface area (Å²) in [4.78, 5) is 31.3. The lowest BCUT2D eigenvalue weighted by Crippen LogP contribution is -2.45. The van der Waals surface area contributed by atoms with Gasteiger partial charge in [-0.1, -0.05) is 6.07 Å². The maximum Gasteiger partial charge on any atom is 0.319 e. The second kappa shape index (κ2) is 11.2. The van der Waals surface area contributed by atoms with Gasteiger partial charge in [0.2, 0.25) is 0 Å². The number of ether oxygens (including phenoxy) is 1. The van der Waals surface area contributed by atoms with Crippen molar-refractivity contribution in [1.82, 2.24) is 25.2 Å². The molecular formula is C28H35N7O2. The fourth-order valence-electron chi connectivity index (χ4n) is 4.90. The Bertz CT molecular complexity index is 1230. The number of anilines is 2. The normalized spacial score (nSPS) is 17.8. The number of urea groups is 1. The van der Waals surface area contributed by atoms with Crippen LogP contribution in [0.3, 0.4) is 0 Å². The summed E-state index contributed by atoms with van der Waals surface area (Å²) >= 11 is 0. The van der Waals surface area contributed by atoms with E-state index in [4.69, 9.17) is 14.7 Å². The lowest BCUT2D eigenvalue weighted by molar-refractivity contribution is 0.0983. The molecule has 0 spiro atoms. The van der Waals surface area contributed by atoms with Crippen LogP contribution in [0, 0.1) is 6.92 Å². The zero-order chi connectivity index (χ0) is 25.8. The molecule has 1 atom stereocenters. The number of hydrogen-bond donors (Lipinski definition) is 2. The summed E-state index contributed by atoms with van der Waals surface area (Å²) in [5.41, 5.74) is 6.21. The van der Waals surface area contributed by atoms with Crippen molar-refractivity contribution in [2.24, 2.45) is 0 Å². The number of aromatic nitrogens is 3. The lowest BCUT2D eigenvalue weighted by atomic mass is 10.0.